The summed E-state index contributed by atoms with van der Waals surface area (Å²) in [6.07, 6.45) is 8.80. The van der Waals surface area contributed by atoms with Gasteiger partial charge in [-0.15, -0.1) is 0 Å². The Kier molecular flexibility index (Phi) is 6.30. The van der Waals surface area contributed by atoms with E-state index in [9.17, 15) is 0 Å². The third-order valence-corrected chi connectivity index (χ3v) is 5.48. The molecule has 0 spiro atoms. The maximum absolute atomic E-state index is 4.38. The molecule has 1 saturated carbocycles. The molecule has 1 N–H and O–H groups in total. The summed E-state index contributed by atoms with van der Waals surface area (Å²) in [7, 11) is 0. The van der Waals surface area contributed by atoms with Gasteiger partial charge >= 0.3 is 0 Å². The molecule has 4 heteroatoms. The van der Waals surface area contributed by atoms with Crippen LogP contribution in [0.4, 0.5) is 0 Å². The van der Waals surface area contributed by atoms with Gasteiger partial charge < -0.3 is 5.32 Å². The molecule has 1 aliphatic rings. The summed E-state index contributed by atoms with van der Waals surface area (Å²) in [5, 5.41) is 5.25. The number of nitrogens with one attached hydrogen (secondary N) is 1. The summed E-state index contributed by atoms with van der Waals surface area (Å²) in [6.45, 7) is 8.05. The van der Waals surface area contributed by atoms with E-state index in [1.165, 1.54) is 25.7 Å². The van der Waals surface area contributed by atoms with Crippen LogP contribution in [0.25, 0.3) is 0 Å². The van der Waals surface area contributed by atoms with Gasteiger partial charge in [-0.1, -0.05) is 32.5 Å². The zero-order valence-corrected chi connectivity index (χ0v) is 13.7. The highest BCUT2D eigenvalue weighted by molar-refractivity contribution is 7.99. The highest BCUT2D eigenvalue weighted by Gasteiger charge is 2.32. The second kappa shape index (κ2) is 7.99. The van der Waals surface area contributed by atoms with Gasteiger partial charge in [0.05, 0.1) is 0 Å². The second-order valence-electron chi connectivity index (χ2n) is 6.07. The Balaban J connectivity index is 2.01. The minimum atomic E-state index is 0.602. The van der Waals surface area contributed by atoms with Crippen LogP contribution in [0.15, 0.2) is 23.6 Å². The Morgan fingerprint density at radius 2 is 2.05 bits per heavy atom. The van der Waals surface area contributed by atoms with Gasteiger partial charge in [0, 0.05) is 23.7 Å². The molecule has 1 aromatic rings. The fourth-order valence-electron chi connectivity index (χ4n) is 2.94. The number of hydrogen-bond acceptors (Lipinski definition) is 4. The van der Waals surface area contributed by atoms with E-state index in [0.29, 0.717) is 11.3 Å². The summed E-state index contributed by atoms with van der Waals surface area (Å²) in [5.41, 5.74) is 0. The van der Waals surface area contributed by atoms with E-state index in [0.717, 1.165) is 23.5 Å². The molecule has 0 aromatic carbocycles. The number of hydrogen-bond donors (Lipinski definition) is 1. The van der Waals surface area contributed by atoms with Crippen LogP contribution in [0.1, 0.15) is 46.5 Å². The van der Waals surface area contributed by atoms with Crippen LogP contribution in [0.2, 0.25) is 0 Å². The molecular formula is C16H27N3S. The predicted octanol–water partition coefficient (Wildman–Crippen LogP) is 3.76. The lowest BCUT2D eigenvalue weighted by Gasteiger charge is -2.37. The van der Waals surface area contributed by atoms with Gasteiger partial charge in [-0.25, -0.2) is 9.97 Å². The van der Waals surface area contributed by atoms with Crippen molar-refractivity contribution in [2.75, 3.05) is 6.54 Å². The first-order valence-corrected chi connectivity index (χ1v) is 8.75. The van der Waals surface area contributed by atoms with E-state index in [4.69, 9.17) is 0 Å². The molecule has 0 bridgehead atoms. The fourth-order valence-corrected chi connectivity index (χ4v) is 4.19. The van der Waals surface area contributed by atoms with Gasteiger partial charge in [-0.2, -0.15) is 0 Å². The van der Waals surface area contributed by atoms with Crippen LogP contribution in [0, 0.1) is 11.8 Å². The number of aromatic nitrogens is 2. The van der Waals surface area contributed by atoms with E-state index in [-0.39, 0.29) is 0 Å². The molecule has 0 radical (unpaired) electrons. The van der Waals surface area contributed by atoms with Crippen LogP contribution >= 0.6 is 11.8 Å². The average molecular weight is 293 g/mol. The second-order valence-corrected chi connectivity index (χ2v) is 7.27. The third-order valence-electron chi connectivity index (χ3n) is 4.23. The van der Waals surface area contributed by atoms with Crippen LogP contribution in [0.5, 0.6) is 0 Å². The molecule has 112 valence electrons. The molecular weight excluding hydrogens is 266 g/mol. The topological polar surface area (TPSA) is 37.8 Å². The Morgan fingerprint density at radius 3 is 2.70 bits per heavy atom. The molecule has 1 heterocycles. The Bertz CT molecular complexity index is 383. The number of thioether (sulfide) groups is 1. The molecule has 1 aromatic heterocycles. The first-order chi connectivity index (χ1) is 9.70. The third kappa shape index (κ3) is 4.45. The first-order valence-electron chi connectivity index (χ1n) is 7.87. The van der Waals surface area contributed by atoms with Gasteiger partial charge in [0.1, 0.15) is 0 Å². The minimum absolute atomic E-state index is 0.602. The monoisotopic (exact) mass is 293 g/mol. The van der Waals surface area contributed by atoms with Crippen molar-refractivity contribution in [1.29, 1.82) is 0 Å². The molecule has 0 amide bonds. The van der Waals surface area contributed by atoms with Gasteiger partial charge in [-0.3, -0.25) is 0 Å². The quantitative estimate of drug-likeness (QED) is 0.810. The molecule has 3 atom stereocenters. The smallest absolute Gasteiger partial charge is 0.187 e. The molecule has 0 aliphatic heterocycles. The van der Waals surface area contributed by atoms with E-state index in [2.05, 4.69) is 36.1 Å². The Hall–Kier alpha value is -0.610. The minimum Gasteiger partial charge on any atom is -0.313 e. The zero-order chi connectivity index (χ0) is 14.4. The van der Waals surface area contributed by atoms with Crippen LogP contribution in [-0.4, -0.2) is 27.8 Å². The normalized spacial score (nSPS) is 26.9. The zero-order valence-electron chi connectivity index (χ0n) is 12.9. The van der Waals surface area contributed by atoms with Crippen molar-refractivity contribution in [1.82, 2.24) is 15.3 Å². The summed E-state index contributed by atoms with van der Waals surface area (Å²) >= 11 is 1.86. The summed E-state index contributed by atoms with van der Waals surface area (Å²) in [5.74, 6) is 1.62. The molecule has 1 aliphatic carbocycles. The van der Waals surface area contributed by atoms with Crippen molar-refractivity contribution in [3.05, 3.63) is 18.5 Å². The number of nitrogens with zero attached hydrogens (tertiary/aromatic N) is 2. The summed E-state index contributed by atoms with van der Waals surface area (Å²) < 4.78 is 0. The van der Waals surface area contributed by atoms with E-state index < -0.39 is 0 Å². The van der Waals surface area contributed by atoms with Gasteiger partial charge in [0.15, 0.2) is 5.16 Å². The van der Waals surface area contributed by atoms with Crippen LogP contribution in [0.3, 0.4) is 0 Å². The fraction of sp³-hybridized carbons (Fsp3) is 0.750. The molecule has 3 unspecified atom stereocenters. The van der Waals surface area contributed by atoms with Gasteiger partial charge in [-0.05, 0) is 50.1 Å². The Morgan fingerprint density at radius 1 is 1.30 bits per heavy atom. The van der Waals surface area contributed by atoms with Crippen molar-refractivity contribution in [3.63, 3.8) is 0 Å². The highest BCUT2D eigenvalue weighted by Crippen LogP contribution is 2.38. The van der Waals surface area contributed by atoms with E-state index in [1.54, 1.807) is 0 Å². The number of rotatable bonds is 6. The maximum atomic E-state index is 4.38. The Labute approximate surface area is 127 Å². The van der Waals surface area contributed by atoms with Gasteiger partial charge in [0.25, 0.3) is 0 Å². The highest BCUT2D eigenvalue weighted by atomic mass is 32.2. The van der Waals surface area contributed by atoms with Crippen LogP contribution < -0.4 is 5.32 Å². The predicted molar refractivity (Wildman–Crippen MR) is 85.9 cm³/mol. The summed E-state index contributed by atoms with van der Waals surface area (Å²) in [4.78, 5) is 8.76. The molecule has 0 saturated heterocycles. The average Bonchev–Trinajstić information content (AvgIpc) is 2.47. The van der Waals surface area contributed by atoms with Crippen molar-refractivity contribution in [3.8, 4) is 0 Å². The lowest BCUT2D eigenvalue weighted by Crippen LogP contribution is -2.43. The largest absolute Gasteiger partial charge is 0.313 e. The van der Waals surface area contributed by atoms with Crippen molar-refractivity contribution in [2.45, 2.75) is 62.9 Å². The lowest BCUT2D eigenvalue weighted by molar-refractivity contribution is 0.246. The molecule has 3 nitrogen and oxygen atoms in total. The van der Waals surface area contributed by atoms with E-state index in [1.807, 2.05) is 30.2 Å². The summed E-state index contributed by atoms with van der Waals surface area (Å²) in [6, 6.07) is 2.49. The van der Waals surface area contributed by atoms with Crippen molar-refractivity contribution in [2.24, 2.45) is 11.8 Å². The van der Waals surface area contributed by atoms with E-state index >= 15 is 0 Å². The lowest BCUT2D eigenvalue weighted by atomic mass is 9.79. The van der Waals surface area contributed by atoms with Crippen molar-refractivity contribution < 1.29 is 0 Å². The van der Waals surface area contributed by atoms with Crippen LogP contribution in [-0.2, 0) is 0 Å². The first kappa shape index (κ1) is 15.8. The maximum Gasteiger partial charge on any atom is 0.187 e. The van der Waals surface area contributed by atoms with Crippen molar-refractivity contribution >= 4 is 11.8 Å². The molecule has 2 rings (SSSR count). The molecule has 20 heavy (non-hydrogen) atoms. The molecule has 1 fully saturated rings. The standard InChI is InChI=1S/C16H27N3S/c1-4-8-17-14-7-6-13(12(2)3)11-15(14)20-16-18-9-5-10-19-16/h5,9-10,12-15,17H,4,6-8,11H2,1-3H3. The SMILES string of the molecule is CCCNC1CCC(C(C)C)CC1Sc1ncccn1. The van der Waals surface area contributed by atoms with Gasteiger partial charge in [0.2, 0.25) is 0 Å².